The van der Waals surface area contributed by atoms with Crippen molar-refractivity contribution in [3.05, 3.63) is 0 Å². The second-order valence-corrected chi connectivity index (χ2v) is 3.28. The first-order chi connectivity index (χ1) is 3.98. The van der Waals surface area contributed by atoms with E-state index < -0.39 is 13.7 Å². The summed E-state index contributed by atoms with van der Waals surface area (Å²) < 4.78 is 44.1. The molecule has 0 aliphatic rings. The van der Waals surface area contributed by atoms with Crippen LogP contribution in [0.3, 0.4) is 0 Å². The second-order valence-electron chi connectivity index (χ2n) is 1.57. The first kappa shape index (κ1) is 8.89. The van der Waals surface area contributed by atoms with Crippen LogP contribution >= 0.6 is 7.80 Å². The summed E-state index contributed by atoms with van der Waals surface area (Å²) in [5.41, 5.74) is 0. The molecule has 0 bridgehead atoms. The van der Waals surface area contributed by atoms with Crippen LogP contribution in [0.1, 0.15) is 13.3 Å². The molecule has 0 aliphatic carbocycles. The van der Waals surface area contributed by atoms with E-state index in [9.17, 15) is 17.7 Å². The van der Waals surface area contributed by atoms with E-state index in [1.807, 2.05) is 0 Å². The zero-order valence-electron chi connectivity index (χ0n) is 4.90. The van der Waals surface area contributed by atoms with E-state index in [1.165, 1.54) is 0 Å². The minimum atomic E-state index is -4.48. The van der Waals surface area contributed by atoms with Crippen LogP contribution in [-0.4, -0.2) is 12.1 Å². The topological polar surface area (TPSA) is 17.1 Å². The van der Waals surface area contributed by atoms with Gasteiger partial charge in [-0.05, 0) is 6.42 Å². The van der Waals surface area contributed by atoms with E-state index in [-0.39, 0.29) is 6.16 Å². The Balaban J connectivity index is 3.74. The molecule has 0 aromatic carbocycles. The van der Waals surface area contributed by atoms with Gasteiger partial charge >= 0.3 is 13.7 Å². The third-order valence-corrected chi connectivity index (χ3v) is 2.13. The molecule has 0 N–H and O–H groups in total. The second kappa shape index (κ2) is 3.16. The van der Waals surface area contributed by atoms with Gasteiger partial charge in [0, 0.05) is 0 Å². The normalized spacial score (nSPS) is 13.6. The van der Waals surface area contributed by atoms with Crippen molar-refractivity contribution in [3.8, 4) is 0 Å². The highest BCUT2D eigenvalue weighted by Crippen LogP contribution is 2.43. The molecule has 0 amide bonds. The van der Waals surface area contributed by atoms with E-state index in [0.717, 1.165) is 0 Å². The van der Waals surface area contributed by atoms with Crippen LogP contribution in [0.2, 0.25) is 0 Å². The summed E-state index contributed by atoms with van der Waals surface area (Å²) in [6, 6.07) is 0. The van der Waals surface area contributed by atoms with E-state index >= 15 is 0 Å². The molecule has 0 saturated heterocycles. The van der Waals surface area contributed by atoms with Crippen LogP contribution in [0.25, 0.3) is 0 Å². The lowest BCUT2D eigenvalue weighted by molar-refractivity contribution is -0.0426. The standard InChI is InChI=1S/C4H7F3OP/c1-2-3-9(8)4(5,6)7/h2-3H2,1H3/q+1. The Bertz CT molecular complexity index is 109. The molecule has 1 unspecified atom stereocenters. The lowest BCUT2D eigenvalue weighted by Crippen LogP contribution is -2.00. The summed E-state index contributed by atoms with van der Waals surface area (Å²) in [7, 11) is -2.97. The van der Waals surface area contributed by atoms with E-state index in [4.69, 9.17) is 0 Å². The molecule has 0 saturated carbocycles. The van der Waals surface area contributed by atoms with Crippen LogP contribution in [0.4, 0.5) is 13.2 Å². The molecule has 0 aromatic heterocycles. The maximum Gasteiger partial charge on any atom is 0.605 e. The van der Waals surface area contributed by atoms with E-state index in [1.54, 1.807) is 6.92 Å². The van der Waals surface area contributed by atoms with Gasteiger partial charge in [0.25, 0.3) is 0 Å². The maximum absolute atomic E-state index is 11.4. The predicted octanol–water partition coefficient (Wildman–Crippen LogP) is 2.74. The fraction of sp³-hybridized carbons (Fsp3) is 1.00. The molecule has 0 heterocycles. The quantitative estimate of drug-likeness (QED) is 0.566. The van der Waals surface area contributed by atoms with Crippen molar-refractivity contribution in [1.29, 1.82) is 0 Å². The Morgan fingerprint density at radius 1 is 1.44 bits per heavy atom. The summed E-state index contributed by atoms with van der Waals surface area (Å²) in [4.78, 5) is 0. The van der Waals surface area contributed by atoms with Crippen molar-refractivity contribution in [2.45, 2.75) is 19.3 Å². The summed E-state index contributed by atoms with van der Waals surface area (Å²) in [5.74, 6) is -4.48. The van der Waals surface area contributed by atoms with Gasteiger partial charge in [0.2, 0.25) is 0 Å². The average Bonchev–Trinajstić information content (AvgIpc) is 1.64. The minimum absolute atomic E-state index is 0.251. The van der Waals surface area contributed by atoms with Gasteiger partial charge in [0.1, 0.15) is 0 Å². The monoisotopic (exact) mass is 159 g/mol. The molecule has 9 heavy (non-hydrogen) atoms. The fourth-order valence-electron chi connectivity index (χ4n) is 0.330. The first-order valence-electron chi connectivity index (χ1n) is 2.50. The first-order valence-corrected chi connectivity index (χ1v) is 3.94. The molecule has 0 spiro atoms. The van der Waals surface area contributed by atoms with Gasteiger partial charge in [-0.3, -0.25) is 0 Å². The lowest BCUT2D eigenvalue weighted by Gasteiger charge is -1.88. The smallest absolute Gasteiger partial charge is 0.125 e. The van der Waals surface area contributed by atoms with E-state index in [2.05, 4.69) is 0 Å². The summed E-state index contributed by atoms with van der Waals surface area (Å²) in [6.45, 7) is 1.57. The number of hydrogen-bond donors (Lipinski definition) is 0. The Morgan fingerprint density at radius 3 is 2.00 bits per heavy atom. The van der Waals surface area contributed by atoms with Gasteiger partial charge in [-0.25, -0.2) is 0 Å². The van der Waals surface area contributed by atoms with Crippen molar-refractivity contribution in [3.63, 3.8) is 0 Å². The molecule has 0 aromatic rings. The van der Waals surface area contributed by atoms with Gasteiger partial charge in [-0.1, -0.05) is 11.5 Å². The molecular formula is C4H7F3OP+. The molecule has 1 atom stereocenters. The van der Waals surface area contributed by atoms with Gasteiger partial charge in [-0.2, -0.15) is 0 Å². The molecular weight excluding hydrogens is 152 g/mol. The SMILES string of the molecule is CCC[P+](=O)C(F)(F)F. The molecule has 5 heteroatoms. The van der Waals surface area contributed by atoms with Crippen molar-refractivity contribution in [2.24, 2.45) is 0 Å². The number of hydrogen-bond acceptors (Lipinski definition) is 1. The van der Waals surface area contributed by atoms with Gasteiger partial charge in [0.05, 0.1) is 0 Å². The molecule has 0 rings (SSSR count). The number of rotatable bonds is 2. The van der Waals surface area contributed by atoms with Crippen LogP contribution in [-0.2, 0) is 4.57 Å². The van der Waals surface area contributed by atoms with Crippen molar-refractivity contribution in [2.75, 3.05) is 6.16 Å². The Kier molecular flexibility index (Phi) is 3.12. The van der Waals surface area contributed by atoms with Gasteiger partial charge in [0.15, 0.2) is 6.16 Å². The van der Waals surface area contributed by atoms with Gasteiger partial charge < -0.3 is 0 Å². The van der Waals surface area contributed by atoms with Crippen LogP contribution in [0, 0.1) is 0 Å². The number of halogens is 3. The largest absolute Gasteiger partial charge is 0.605 e. The van der Waals surface area contributed by atoms with E-state index in [0.29, 0.717) is 6.42 Å². The van der Waals surface area contributed by atoms with Crippen molar-refractivity contribution < 1.29 is 17.7 Å². The Hall–Kier alpha value is -0.110. The molecule has 0 radical (unpaired) electrons. The summed E-state index contributed by atoms with van der Waals surface area (Å²) >= 11 is 0. The molecule has 1 nitrogen and oxygen atoms in total. The lowest BCUT2D eigenvalue weighted by atomic mass is 10.6. The van der Waals surface area contributed by atoms with Crippen molar-refractivity contribution >= 4 is 7.80 Å². The van der Waals surface area contributed by atoms with Crippen LogP contribution in [0.15, 0.2) is 0 Å². The zero-order valence-corrected chi connectivity index (χ0v) is 5.80. The zero-order chi connectivity index (χ0) is 7.49. The minimum Gasteiger partial charge on any atom is -0.125 e. The van der Waals surface area contributed by atoms with Crippen LogP contribution in [0.5, 0.6) is 0 Å². The summed E-state index contributed by atoms with van der Waals surface area (Å²) in [5, 5.41) is 0. The highest BCUT2D eigenvalue weighted by molar-refractivity contribution is 7.45. The fourth-order valence-corrected chi connectivity index (χ4v) is 0.990. The third kappa shape index (κ3) is 3.46. The highest BCUT2D eigenvalue weighted by atomic mass is 31.1. The van der Waals surface area contributed by atoms with Crippen LogP contribution < -0.4 is 0 Å². The average molecular weight is 159 g/mol. The Morgan fingerprint density at radius 2 is 1.89 bits per heavy atom. The van der Waals surface area contributed by atoms with Crippen molar-refractivity contribution in [1.82, 2.24) is 0 Å². The third-order valence-electron chi connectivity index (χ3n) is 0.709. The van der Waals surface area contributed by atoms with Gasteiger partial charge in [-0.15, -0.1) is 13.2 Å². The Labute approximate surface area is 52.0 Å². The molecule has 54 valence electrons. The molecule has 0 aliphatic heterocycles. The summed E-state index contributed by atoms with van der Waals surface area (Å²) in [6.07, 6.45) is 0.0630. The predicted molar refractivity (Wildman–Crippen MR) is 28.8 cm³/mol. The molecule has 0 fully saturated rings. The maximum atomic E-state index is 11.4. The number of alkyl halides is 3. The highest BCUT2D eigenvalue weighted by Gasteiger charge is 2.51.